The molecule has 0 saturated carbocycles. The largest absolute Gasteiger partial charge is 0.263 e. The first-order valence-electron chi connectivity index (χ1n) is 20.7. The normalized spacial score (nSPS) is 13.8. The van der Waals surface area contributed by atoms with E-state index in [1.807, 2.05) is 30.6 Å². The summed E-state index contributed by atoms with van der Waals surface area (Å²) in [7, 11) is 0. The Morgan fingerprint density at radius 2 is 1.26 bits per heavy atom. The molecule has 1 heterocycles. The van der Waals surface area contributed by atoms with Crippen molar-refractivity contribution >= 4 is 65.8 Å². The van der Waals surface area contributed by atoms with Crippen LogP contribution in [-0.2, 0) is 0 Å². The van der Waals surface area contributed by atoms with Crippen molar-refractivity contribution in [1.82, 2.24) is 4.98 Å². The van der Waals surface area contributed by atoms with Crippen LogP contribution in [0.25, 0.3) is 65.4 Å². The number of benzene rings is 7. The zero-order valence-electron chi connectivity index (χ0n) is 34.3. The van der Waals surface area contributed by atoms with Crippen molar-refractivity contribution in [1.29, 1.82) is 0 Å². The van der Waals surface area contributed by atoms with Gasteiger partial charge in [-0.2, -0.15) is 0 Å². The lowest BCUT2D eigenvalue weighted by Crippen LogP contribution is -2.06. The number of aromatic nitrogens is 1. The van der Waals surface area contributed by atoms with Crippen molar-refractivity contribution in [3.05, 3.63) is 248 Å². The predicted octanol–water partition coefficient (Wildman–Crippen LogP) is 14.9. The summed E-state index contributed by atoms with van der Waals surface area (Å²) < 4.78 is 0. The maximum absolute atomic E-state index is 5.22. The molecule has 1 aromatic heterocycles. The van der Waals surface area contributed by atoms with E-state index in [9.17, 15) is 0 Å². The maximum atomic E-state index is 5.22. The zero-order chi connectivity index (χ0) is 41.5. The lowest BCUT2D eigenvalue weighted by atomic mass is 9.92. The first-order valence-corrected chi connectivity index (χ1v) is 20.7. The van der Waals surface area contributed by atoms with Gasteiger partial charge in [0.1, 0.15) is 0 Å². The van der Waals surface area contributed by atoms with Gasteiger partial charge in [-0.15, -0.1) is 0 Å². The first kappa shape index (κ1) is 38.8. The summed E-state index contributed by atoms with van der Waals surface area (Å²) >= 11 is 0. The molecule has 7 aromatic carbocycles. The van der Waals surface area contributed by atoms with Gasteiger partial charge in [-0.25, -0.2) is 4.99 Å². The highest BCUT2D eigenvalue weighted by Gasteiger charge is 2.13. The molecule has 0 atom stereocenters. The molecule has 0 unspecified atom stereocenters. The quantitative estimate of drug-likeness (QED) is 0.0589. The van der Waals surface area contributed by atoms with E-state index in [1.54, 1.807) is 6.08 Å². The number of rotatable bonds is 10. The number of aliphatic imine (C=N–C) groups is 2. The number of pyridine rings is 1. The van der Waals surface area contributed by atoms with E-state index in [0.29, 0.717) is 12.4 Å². The van der Waals surface area contributed by atoms with E-state index >= 15 is 0 Å². The third-order valence-electron chi connectivity index (χ3n) is 11.5. The lowest BCUT2D eigenvalue weighted by Gasteiger charge is -2.12. The molecule has 1 aliphatic carbocycles. The minimum Gasteiger partial charge on any atom is -0.263 e. The van der Waals surface area contributed by atoms with Gasteiger partial charge >= 0.3 is 0 Å². The summed E-state index contributed by atoms with van der Waals surface area (Å²) in [4.78, 5) is 15.0. The van der Waals surface area contributed by atoms with Gasteiger partial charge in [-0.3, -0.25) is 9.98 Å². The molecule has 9 rings (SSSR count). The standard InChI is InChI=1S/C58H45N3/c1-4-6-7-15-40(3)42-26-30-45(31-27-42)57(5-2)61-58(60-37-41-16-14-18-44(25-24-41)56-39-59-38-48-17-8-9-19-49(48)56)46-32-28-43(29-33-46)47-34-35-54-52-22-11-10-20-50(52)51-21-12-13-23-53(51)55(54)36-47/h4-24,26-36,38-39H,1-2,25,37H2,3H3/b7-6-,40-15+,60-58-,61-57+. The van der Waals surface area contributed by atoms with E-state index in [4.69, 9.17) is 9.98 Å². The number of fused-ring (bicyclic) bond motifs is 7. The second-order valence-electron chi connectivity index (χ2n) is 15.3. The molecule has 8 aromatic rings. The Hall–Kier alpha value is -7.75. The van der Waals surface area contributed by atoms with Crippen LogP contribution in [0.4, 0.5) is 0 Å². The fourth-order valence-corrected chi connectivity index (χ4v) is 8.23. The van der Waals surface area contributed by atoms with Crippen LogP contribution in [-0.4, -0.2) is 23.1 Å². The number of amidine groups is 1. The maximum Gasteiger partial charge on any atom is 0.155 e. The summed E-state index contributed by atoms with van der Waals surface area (Å²) in [6.45, 7) is 10.5. The van der Waals surface area contributed by atoms with Crippen LogP contribution in [0, 0.1) is 0 Å². The third kappa shape index (κ3) is 8.15. The van der Waals surface area contributed by atoms with E-state index in [-0.39, 0.29) is 0 Å². The summed E-state index contributed by atoms with van der Waals surface area (Å²) in [6.07, 6.45) is 23.0. The Balaban J connectivity index is 1.06. The highest BCUT2D eigenvalue weighted by atomic mass is 14.9. The summed E-state index contributed by atoms with van der Waals surface area (Å²) in [6, 6.07) is 49.8. The monoisotopic (exact) mass is 783 g/mol. The van der Waals surface area contributed by atoms with Gasteiger partial charge in [-0.1, -0.05) is 195 Å². The average Bonchev–Trinajstić information content (AvgIpc) is 3.57. The van der Waals surface area contributed by atoms with E-state index in [1.165, 1.54) is 43.3 Å². The predicted molar refractivity (Wildman–Crippen MR) is 264 cm³/mol. The molecule has 0 radical (unpaired) electrons. The van der Waals surface area contributed by atoms with E-state index in [2.05, 4.69) is 195 Å². The van der Waals surface area contributed by atoms with Gasteiger partial charge in [0.05, 0.1) is 12.3 Å². The second kappa shape index (κ2) is 17.6. The minimum absolute atomic E-state index is 0.475. The van der Waals surface area contributed by atoms with Crippen molar-refractivity contribution in [3.8, 4) is 11.1 Å². The Morgan fingerprint density at radius 3 is 1.97 bits per heavy atom. The molecule has 3 nitrogen and oxygen atoms in total. The van der Waals surface area contributed by atoms with Gasteiger partial charge in [0.15, 0.2) is 5.84 Å². The molecule has 292 valence electrons. The van der Waals surface area contributed by atoms with Crippen LogP contribution in [0.2, 0.25) is 0 Å². The first-order chi connectivity index (χ1) is 30.1. The fourth-order valence-electron chi connectivity index (χ4n) is 8.23. The van der Waals surface area contributed by atoms with E-state index < -0.39 is 0 Å². The second-order valence-corrected chi connectivity index (χ2v) is 15.3. The Labute approximate surface area is 357 Å². The molecule has 0 spiro atoms. The molecule has 0 amide bonds. The minimum atomic E-state index is 0.475. The SMILES string of the molecule is C=C/C=C\C=C(/C)c1ccc(/C(C=C)=N/C(=N\CC2=CCC(c3cncc4ccccc34)=CC=C2)c2ccc(-c3ccc4c5ccccc5c5ccccc5c4c3)cc2)cc1. The van der Waals surface area contributed by atoms with Gasteiger partial charge in [0.25, 0.3) is 0 Å². The molecule has 0 bridgehead atoms. The number of nitrogens with zero attached hydrogens (tertiary/aromatic N) is 3. The molecule has 0 saturated heterocycles. The van der Waals surface area contributed by atoms with Crippen LogP contribution in [0.15, 0.2) is 235 Å². The van der Waals surface area contributed by atoms with Crippen LogP contribution in [0.1, 0.15) is 35.6 Å². The van der Waals surface area contributed by atoms with Gasteiger partial charge in [0.2, 0.25) is 0 Å². The van der Waals surface area contributed by atoms with Gasteiger partial charge in [0, 0.05) is 34.5 Å². The zero-order valence-corrected chi connectivity index (χ0v) is 34.3. The number of allylic oxidation sites excluding steroid dienone is 10. The average molecular weight is 784 g/mol. The van der Waals surface area contributed by atoms with Crippen LogP contribution < -0.4 is 0 Å². The van der Waals surface area contributed by atoms with Gasteiger partial charge < -0.3 is 0 Å². The van der Waals surface area contributed by atoms with E-state index in [0.717, 1.165) is 62.0 Å². The van der Waals surface area contributed by atoms with Crippen molar-refractivity contribution < 1.29 is 0 Å². The topological polar surface area (TPSA) is 37.6 Å². The van der Waals surface area contributed by atoms with Crippen molar-refractivity contribution in [2.45, 2.75) is 13.3 Å². The smallest absolute Gasteiger partial charge is 0.155 e. The molecule has 3 heteroatoms. The van der Waals surface area contributed by atoms with Crippen molar-refractivity contribution in [3.63, 3.8) is 0 Å². The lowest BCUT2D eigenvalue weighted by molar-refractivity contribution is 1.15. The van der Waals surface area contributed by atoms with Crippen LogP contribution in [0.3, 0.4) is 0 Å². The van der Waals surface area contributed by atoms with Crippen molar-refractivity contribution in [2.75, 3.05) is 6.54 Å². The summed E-state index contributed by atoms with van der Waals surface area (Å²) in [5.41, 5.74) is 10.8. The third-order valence-corrected chi connectivity index (χ3v) is 11.5. The number of hydrogen-bond donors (Lipinski definition) is 0. The Kier molecular flexibility index (Phi) is 11.2. The van der Waals surface area contributed by atoms with Crippen molar-refractivity contribution in [2.24, 2.45) is 9.98 Å². The fraction of sp³-hybridized carbons (Fsp3) is 0.0517. The summed E-state index contributed by atoms with van der Waals surface area (Å²) in [5, 5.41) is 9.94. The Bertz CT molecular complexity index is 3160. The highest BCUT2D eigenvalue weighted by molar-refractivity contribution is 6.25. The van der Waals surface area contributed by atoms with Gasteiger partial charge in [-0.05, 0) is 96.6 Å². The molecule has 0 fully saturated rings. The molecule has 0 aliphatic heterocycles. The molecule has 1 aliphatic rings. The Morgan fingerprint density at radius 1 is 0.639 bits per heavy atom. The highest BCUT2D eigenvalue weighted by Crippen LogP contribution is 2.37. The number of hydrogen-bond acceptors (Lipinski definition) is 2. The molecule has 0 N–H and O–H groups in total. The molecular formula is C58H45N3. The van der Waals surface area contributed by atoms with Crippen LogP contribution in [0.5, 0.6) is 0 Å². The van der Waals surface area contributed by atoms with Crippen LogP contribution >= 0.6 is 0 Å². The molecular weight excluding hydrogens is 739 g/mol. The summed E-state index contributed by atoms with van der Waals surface area (Å²) in [5.74, 6) is 0.650. The molecule has 61 heavy (non-hydrogen) atoms.